The van der Waals surface area contributed by atoms with Crippen molar-refractivity contribution in [2.75, 3.05) is 31.7 Å². The van der Waals surface area contributed by atoms with Crippen LogP contribution in [-0.4, -0.2) is 48.0 Å². The Labute approximate surface area is 146 Å². The number of nitrogens with one attached hydrogen (secondary N) is 1. The zero-order valence-electron chi connectivity index (χ0n) is 13.9. The van der Waals surface area contributed by atoms with E-state index in [0.29, 0.717) is 37.7 Å². The van der Waals surface area contributed by atoms with Crippen molar-refractivity contribution in [1.29, 1.82) is 5.26 Å². The second-order valence-electron chi connectivity index (χ2n) is 6.22. The summed E-state index contributed by atoms with van der Waals surface area (Å²) in [5, 5.41) is 17.0. The van der Waals surface area contributed by atoms with Crippen LogP contribution in [0.1, 0.15) is 18.4 Å². The van der Waals surface area contributed by atoms with E-state index in [1.54, 1.807) is 10.9 Å². The van der Waals surface area contributed by atoms with Crippen LogP contribution in [0.3, 0.4) is 0 Å². The lowest BCUT2D eigenvalue weighted by atomic mass is 10.1. The lowest BCUT2D eigenvalue weighted by Gasteiger charge is -2.31. The molecule has 7 heteroatoms. The molecular formula is C18H20N4O3. The first-order valence-corrected chi connectivity index (χ1v) is 8.47. The van der Waals surface area contributed by atoms with E-state index in [2.05, 4.69) is 16.5 Å². The van der Waals surface area contributed by atoms with Gasteiger partial charge in [0.2, 0.25) is 0 Å². The van der Waals surface area contributed by atoms with Crippen molar-refractivity contribution >= 4 is 5.82 Å². The maximum atomic E-state index is 9.36. The van der Waals surface area contributed by atoms with E-state index < -0.39 is 5.79 Å². The zero-order valence-corrected chi connectivity index (χ0v) is 13.9. The van der Waals surface area contributed by atoms with Crippen molar-refractivity contribution < 1.29 is 14.2 Å². The minimum Gasteiger partial charge on any atom is -0.381 e. The molecule has 2 aliphatic heterocycles. The van der Waals surface area contributed by atoms with Crippen molar-refractivity contribution in [3.63, 3.8) is 0 Å². The Hall–Kier alpha value is -2.40. The van der Waals surface area contributed by atoms with Crippen molar-refractivity contribution in [2.24, 2.45) is 0 Å². The Balaban J connectivity index is 1.46. The summed E-state index contributed by atoms with van der Waals surface area (Å²) in [6, 6.07) is 11.9. The monoisotopic (exact) mass is 340 g/mol. The molecule has 7 nitrogen and oxygen atoms in total. The van der Waals surface area contributed by atoms with Gasteiger partial charge in [-0.1, -0.05) is 18.2 Å². The number of hydrogen-bond acceptors (Lipinski definition) is 6. The van der Waals surface area contributed by atoms with Gasteiger partial charge in [0, 0.05) is 19.4 Å². The smallest absolute Gasteiger partial charge is 0.173 e. The Morgan fingerprint density at radius 2 is 2.08 bits per heavy atom. The second-order valence-corrected chi connectivity index (χ2v) is 6.22. The number of ether oxygens (including phenoxy) is 3. The first kappa shape index (κ1) is 16.1. The van der Waals surface area contributed by atoms with Crippen molar-refractivity contribution in [1.82, 2.24) is 9.78 Å². The molecule has 1 atom stereocenters. The highest BCUT2D eigenvalue weighted by atomic mass is 16.7. The average molecular weight is 340 g/mol. The van der Waals surface area contributed by atoms with Crippen LogP contribution >= 0.6 is 0 Å². The quantitative estimate of drug-likeness (QED) is 0.918. The minimum atomic E-state index is -0.498. The van der Waals surface area contributed by atoms with Crippen LogP contribution in [0.5, 0.6) is 0 Å². The fourth-order valence-corrected chi connectivity index (χ4v) is 3.24. The van der Waals surface area contributed by atoms with Gasteiger partial charge in [-0.15, -0.1) is 0 Å². The summed E-state index contributed by atoms with van der Waals surface area (Å²) in [5.41, 5.74) is 1.40. The van der Waals surface area contributed by atoms with Crippen LogP contribution < -0.4 is 5.32 Å². The first-order valence-electron chi connectivity index (χ1n) is 8.47. The number of para-hydroxylation sites is 1. The molecule has 0 amide bonds. The normalized spacial score (nSPS) is 22.0. The third-order valence-electron chi connectivity index (χ3n) is 4.56. The van der Waals surface area contributed by atoms with Gasteiger partial charge in [-0.05, 0) is 12.1 Å². The molecule has 130 valence electrons. The Morgan fingerprint density at radius 3 is 2.84 bits per heavy atom. The van der Waals surface area contributed by atoms with Gasteiger partial charge in [-0.2, -0.15) is 10.4 Å². The molecule has 25 heavy (non-hydrogen) atoms. The standard InChI is InChI=1S/C18H20N4O3/c19-10-14-11-21-22(15-4-2-1-3-5-15)17(14)20-12-16-13-24-18(25-16)6-8-23-9-7-18/h1-5,11,16,20H,6-9,12-13H2/t16-/m0/s1. The number of hydrogen-bond donors (Lipinski definition) is 1. The van der Waals surface area contributed by atoms with Gasteiger partial charge in [0.25, 0.3) is 0 Å². The third kappa shape index (κ3) is 3.24. The molecule has 2 fully saturated rings. The van der Waals surface area contributed by atoms with Crippen LogP contribution in [0, 0.1) is 11.3 Å². The van der Waals surface area contributed by atoms with Crippen LogP contribution in [0.25, 0.3) is 5.69 Å². The lowest BCUT2D eigenvalue weighted by molar-refractivity contribution is -0.209. The van der Waals surface area contributed by atoms with E-state index in [1.807, 2.05) is 30.3 Å². The second kappa shape index (κ2) is 6.84. The highest BCUT2D eigenvalue weighted by Crippen LogP contribution is 2.33. The van der Waals surface area contributed by atoms with Gasteiger partial charge in [0.05, 0.1) is 31.7 Å². The van der Waals surface area contributed by atoms with E-state index in [4.69, 9.17) is 14.2 Å². The highest BCUT2D eigenvalue weighted by molar-refractivity contribution is 5.56. The summed E-state index contributed by atoms with van der Waals surface area (Å²) in [4.78, 5) is 0. The SMILES string of the molecule is N#Cc1cnn(-c2ccccc2)c1NC[C@H]1COC2(CCOCC2)O1. The molecule has 4 rings (SSSR count). The molecular weight excluding hydrogens is 320 g/mol. The molecule has 1 aromatic carbocycles. The molecule has 0 unspecified atom stereocenters. The van der Waals surface area contributed by atoms with E-state index in [9.17, 15) is 5.26 Å². The fourth-order valence-electron chi connectivity index (χ4n) is 3.24. The lowest BCUT2D eigenvalue weighted by Crippen LogP contribution is -2.38. The highest BCUT2D eigenvalue weighted by Gasteiger charge is 2.42. The molecule has 0 aliphatic carbocycles. The summed E-state index contributed by atoms with van der Waals surface area (Å²) in [7, 11) is 0. The number of aromatic nitrogens is 2. The van der Waals surface area contributed by atoms with Crippen LogP contribution in [0.4, 0.5) is 5.82 Å². The average Bonchev–Trinajstić information content (AvgIpc) is 3.25. The Kier molecular flexibility index (Phi) is 4.40. The molecule has 2 saturated heterocycles. The summed E-state index contributed by atoms with van der Waals surface area (Å²) < 4.78 is 19.2. The Morgan fingerprint density at radius 1 is 1.28 bits per heavy atom. The molecule has 1 aromatic heterocycles. The largest absolute Gasteiger partial charge is 0.381 e. The molecule has 0 radical (unpaired) electrons. The maximum absolute atomic E-state index is 9.36. The molecule has 3 heterocycles. The van der Waals surface area contributed by atoms with E-state index in [1.165, 1.54) is 0 Å². The predicted octanol–water partition coefficient (Wildman–Crippen LogP) is 2.08. The number of benzene rings is 1. The van der Waals surface area contributed by atoms with E-state index in [0.717, 1.165) is 18.5 Å². The predicted molar refractivity (Wildman–Crippen MR) is 90.4 cm³/mol. The maximum Gasteiger partial charge on any atom is 0.173 e. The van der Waals surface area contributed by atoms with Crippen LogP contribution in [-0.2, 0) is 14.2 Å². The number of rotatable bonds is 4. The van der Waals surface area contributed by atoms with Crippen LogP contribution in [0.2, 0.25) is 0 Å². The van der Waals surface area contributed by atoms with Crippen molar-refractivity contribution in [2.45, 2.75) is 24.7 Å². The van der Waals surface area contributed by atoms with Gasteiger partial charge >= 0.3 is 0 Å². The topological polar surface area (TPSA) is 81.3 Å². The van der Waals surface area contributed by atoms with Gasteiger partial charge < -0.3 is 19.5 Å². The Bertz CT molecular complexity index is 762. The van der Waals surface area contributed by atoms with Crippen LogP contribution in [0.15, 0.2) is 36.5 Å². The number of nitriles is 1. The molecule has 1 N–H and O–H groups in total. The number of anilines is 1. The minimum absolute atomic E-state index is 0.0660. The van der Waals surface area contributed by atoms with Gasteiger partial charge in [-0.25, -0.2) is 4.68 Å². The summed E-state index contributed by atoms with van der Waals surface area (Å²) >= 11 is 0. The van der Waals surface area contributed by atoms with Gasteiger partial charge in [0.1, 0.15) is 23.6 Å². The van der Waals surface area contributed by atoms with Gasteiger partial charge in [-0.3, -0.25) is 0 Å². The van der Waals surface area contributed by atoms with Crippen molar-refractivity contribution in [3.8, 4) is 11.8 Å². The van der Waals surface area contributed by atoms with E-state index in [-0.39, 0.29) is 6.10 Å². The third-order valence-corrected chi connectivity index (χ3v) is 4.56. The summed E-state index contributed by atoms with van der Waals surface area (Å²) in [6.45, 7) is 2.42. The molecule has 0 saturated carbocycles. The fraction of sp³-hybridized carbons (Fsp3) is 0.444. The van der Waals surface area contributed by atoms with E-state index >= 15 is 0 Å². The molecule has 0 bridgehead atoms. The summed E-state index contributed by atoms with van der Waals surface area (Å²) in [5.74, 6) is 0.174. The molecule has 2 aliphatic rings. The first-order chi connectivity index (χ1) is 12.3. The zero-order chi connectivity index (χ0) is 17.1. The van der Waals surface area contributed by atoms with Crippen molar-refractivity contribution in [3.05, 3.63) is 42.1 Å². The van der Waals surface area contributed by atoms with Gasteiger partial charge in [0.15, 0.2) is 5.79 Å². The summed E-state index contributed by atoms with van der Waals surface area (Å²) in [6.07, 6.45) is 3.02. The molecule has 2 aromatic rings. The molecule has 1 spiro atoms. The number of nitrogens with zero attached hydrogens (tertiary/aromatic N) is 3.